The Morgan fingerprint density at radius 1 is 1.20 bits per heavy atom. The first kappa shape index (κ1) is 23.7. The number of sulfonamides is 1. The standard InChI is InChI=1S/C25H27ClN6O2S/c1-2-19-17-29-32-24(28-16-18-4-3-11-27-15-18)14-23(30-25(19)32)20-9-12-31(13-10-20)35(33,34)22-7-5-21(26)6-8-22/h2-5,7,11,14-15,17,20,28H,1,6,8-10,12-13,16H2. The zero-order valence-electron chi connectivity index (χ0n) is 19.3. The number of allylic oxidation sites excluding steroid dienone is 4. The molecule has 0 spiro atoms. The van der Waals surface area contributed by atoms with E-state index in [1.165, 1.54) is 0 Å². The van der Waals surface area contributed by atoms with Crippen molar-refractivity contribution in [2.24, 2.45) is 0 Å². The van der Waals surface area contributed by atoms with Gasteiger partial charge in [0.2, 0.25) is 10.0 Å². The Bertz CT molecular complexity index is 1410. The maximum absolute atomic E-state index is 13.1. The van der Waals surface area contributed by atoms with Gasteiger partial charge in [0.1, 0.15) is 5.82 Å². The van der Waals surface area contributed by atoms with Crippen molar-refractivity contribution < 1.29 is 8.42 Å². The van der Waals surface area contributed by atoms with E-state index in [0.717, 1.165) is 28.3 Å². The molecule has 3 aromatic heterocycles. The molecule has 0 aromatic carbocycles. The molecule has 1 aliphatic heterocycles. The van der Waals surface area contributed by atoms with Crippen molar-refractivity contribution in [1.82, 2.24) is 23.9 Å². The number of rotatable bonds is 7. The Labute approximate surface area is 210 Å². The summed E-state index contributed by atoms with van der Waals surface area (Å²) < 4.78 is 29.6. The number of fused-ring (bicyclic) bond motifs is 1. The van der Waals surface area contributed by atoms with Gasteiger partial charge < -0.3 is 5.32 Å². The molecule has 1 saturated heterocycles. The first-order valence-corrected chi connectivity index (χ1v) is 13.5. The zero-order valence-corrected chi connectivity index (χ0v) is 20.8. The number of halogens is 1. The molecule has 8 nitrogen and oxygen atoms in total. The molecule has 1 aliphatic carbocycles. The molecule has 0 bridgehead atoms. The second kappa shape index (κ2) is 9.93. The van der Waals surface area contributed by atoms with Gasteiger partial charge in [-0.3, -0.25) is 4.98 Å². The first-order valence-electron chi connectivity index (χ1n) is 11.6. The topological polar surface area (TPSA) is 92.5 Å². The smallest absolute Gasteiger partial charge is 0.239 e. The lowest BCUT2D eigenvalue weighted by molar-refractivity contribution is 0.318. The van der Waals surface area contributed by atoms with Gasteiger partial charge in [0, 0.05) is 60.3 Å². The van der Waals surface area contributed by atoms with Crippen molar-refractivity contribution in [3.8, 4) is 0 Å². The van der Waals surface area contributed by atoms with E-state index >= 15 is 0 Å². The van der Waals surface area contributed by atoms with Crippen LogP contribution in [0.4, 0.5) is 5.82 Å². The lowest BCUT2D eigenvalue weighted by atomic mass is 9.94. The average molecular weight is 511 g/mol. The minimum Gasteiger partial charge on any atom is -0.366 e. The number of pyridine rings is 1. The van der Waals surface area contributed by atoms with Crippen LogP contribution in [0.15, 0.2) is 65.5 Å². The maximum atomic E-state index is 13.1. The third-order valence-corrected chi connectivity index (χ3v) is 8.90. The molecule has 1 N–H and O–H groups in total. The quantitative estimate of drug-likeness (QED) is 0.495. The number of nitrogens with one attached hydrogen (secondary N) is 1. The van der Waals surface area contributed by atoms with Crippen LogP contribution < -0.4 is 5.32 Å². The summed E-state index contributed by atoms with van der Waals surface area (Å²) in [7, 11) is -3.47. The van der Waals surface area contributed by atoms with Gasteiger partial charge in [-0.25, -0.2) is 13.4 Å². The molecule has 3 aromatic rings. The minimum absolute atomic E-state index is 0.146. The highest BCUT2D eigenvalue weighted by Crippen LogP contribution is 2.34. The summed E-state index contributed by atoms with van der Waals surface area (Å²) in [6.45, 7) is 5.41. The third kappa shape index (κ3) is 4.89. The van der Waals surface area contributed by atoms with Crippen LogP contribution in [0, 0.1) is 0 Å². The third-order valence-electron chi connectivity index (χ3n) is 6.54. The van der Waals surface area contributed by atoms with Gasteiger partial charge in [0.15, 0.2) is 5.65 Å². The predicted molar refractivity (Wildman–Crippen MR) is 138 cm³/mol. The summed E-state index contributed by atoms with van der Waals surface area (Å²) >= 11 is 6.01. The second-order valence-corrected chi connectivity index (χ2v) is 11.2. The van der Waals surface area contributed by atoms with Gasteiger partial charge in [-0.15, -0.1) is 0 Å². The van der Waals surface area contributed by atoms with Gasteiger partial charge >= 0.3 is 0 Å². The van der Waals surface area contributed by atoms with E-state index in [2.05, 4.69) is 22.0 Å². The Hall–Kier alpha value is -3.01. The molecule has 182 valence electrons. The molecule has 1 fully saturated rings. The Morgan fingerprint density at radius 2 is 2.03 bits per heavy atom. The Balaban J connectivity index is 1.37. The molecule has 0 atom stereocenters. The van der Waals surface area contributed by atoms with Crippen LogP contribution >= 0.6 is 11.6 Å². The van der Waals surface area contributed by atoms with E-state index in [4.69, 9.17) is 16.6 Å². The fourth-order valence-corrected chi connectivity index (χ4v) is 6.32. The highest BCUT2D eigenvalue weighted by atomic mass is 35.5. The zero-order chi connectivity index (χ0) is 24.4. The van der Waals surface area contributed by atoms with Crippen LogP contribution in [0.25, 0.3) is 11.7 Å². The molecule has 35 heavy (non-hydrogen) atoms. The number of hydrogen-bond acceptors (Lipinski definition) is 6. The predicted octanol–water partition coefficient (Wildman–Crippen LogP) is 4.69. The molecule has 0 unspecified atom stereocenters. The van der Waals surface area contributed by atoms with E-state index in [1.807, 2.05) is 24.4 Å². The Kier molecular flexibility index (Phi) is 6.73. The first-order chi connectivity index (χ1) is 17.0. The van der Waals surface area contributed by atoms with Crippen molar-refractivity contribution in [2.45, 2.75) is 38.1 Å². The number of aromatic nitrogens is 4. The summed E-state index contributed by atoms with van der Waals surface area (Å²) in [6.07, 6.45) is 12.8. The molecular formula is C25H27ClN6O2S. The lowest BCUT2D eigenvalue weighted by Crippen LogP contribution is -2.38. The highest BCUT2D eigenvalue weighted by Gasteiger charge is 2.32. The number of hydrogen-bond donors (Lipinski definition) is 1. The number of piperidine rings is 1. The maximum Gasteiger partial charge on any atom is 0.239 e. The van der Waals surface area contributed by atoms with E-state index < -0.39 is 10.0 Å². The molecule has 4 heterocycles. The molecule has 10 heteroatoms. The monoisotopic (exact) mass is 510 g/mol. The van der Waals surface area contributed by atoms with Crippen LogP contribution in [-0.2, 0) is 16.6 Å². The van der Waals surface area contributed by atoms with Gasteiger partial charge in [0.05, 0.1) is 11.1 Å². The van der Waals surface area contributed by atoms with E-state index in [0.29, 0.717) is 55.3 Å². The van der Waals surface area contributed by atoms with Gasteiger partial charge in [-0.1, -0.05) is 30.3 Å². The van der Waals surface area contributed by atoms with Crippen molar-refractivity contribution in [1.29, 1.82) is 0 Å². The largest absolute Gasteiger partial charge is 0.366 e. The summed E-state index contributed by atoms with van der Waals surface area (Å²) in [5.74, 6) is 0.973. The van der Waals surface area contributed by atoms with Gasteiger partial charge in [-0.2, -0.15) is 13.9 Å². The molecular weight excluding hydrogens is 484 g/mol. The average Bonchev–Trinajstić information content (AvgIpc) is 3.31. The Morgan fingerprint density at radius 3 is 2.71 bits per heavy atom. The molecule has 0 amide bonds. The molecule has 0 radical (unpaired) electrons. The van der Waals surface area contributed by atoms with Crippen molar-refractivity contribution in [3.05, 3.63) is 82.3 Å². The van der Waals surface area contributed by atoms with Crippen LogP contribution in [0.3, 0.4) is 0 Å². The summed E-state index contributed by atoms with van der Waals surface area (Å²) in [6, 6.07) is 5.94. The lowest BCUT2D eigenvalue weighted by Gasteiger charge is -2.32. The van der Waals surface area contributed by atoms with Crippen molar-refractivity contribution in [2.75, 3.05) is 18.4 Å². The number of anilines is 1. The molecule has 2 aliphatic rings. The van der Waals surface area contributed by atoms with Crippen molar-refractivity contribution in [3.63, 3.8) is 0 Å². The SMILES string of the molecule is C=Cc1cnn2c(NCc3cccnc3)cc(C3CCN(S(=O)(=O)C4=CC=C(Cl)CC4)CC3)nc12. The number of nitrogens with zero attached hydrogens (tertiary/aromatic N) is 5. The van der Waals surface area contributed by atoms with E-state index in [1.54, 1.807) is 39.4 Å². The van der Waals surface area contributed by atoms with Crippen LogP contribution in [0.1, 0.15) is 48.4 Å². The summed E-state index contributed by atoms with van der Waals surface area (Å²) in [5.41, 5.74) is 3.57. The van der Waals surface area contributed by atoms with Crippen LogP contribution in [0.5, 0.6) is 0 Å². The summed E-state index contributed by atoms with van der Waals surface area (Å²) in [5, 5.41) is 8.63. The molecule has 0 saturated carbocycles. The fraction of sp³-hybridized carbons (Fsp3) is 0.320. The van der Waals surface area contributed by atoms with Gasteiger partial charge in [0.25, 0.3) is 0 Å². The van der Waals surface area contributed by atoms with E-state index in [9.17, 15) is 8.42 Å². The second-order valence-electron chi connectivity index (χ2n) is 8.75. The summed E-state index contributed by atoms with van der Waals surface area (Å²) in [4.78, 5) is 9.52. The van der Waals surface area contributed by atoms with E-state index in [-0.39, 0.29) is 5.92 Å². The highest BCUT2D eigenvalue weighted by molar-refractivity contribution is 7.93. The van der Waals surface area contributed by atoms with Crippen molar-refractivity contribution >= 4 is 39.2 Å². The van der Waals surface area contributed by atoms with Crippen LogP contribution in [-0.4, -0.2) is 45.4 Å². The minimum atomic E-state index is -3.47. The normalized spacial score (nSPS) is 17.7. The molecule has 5 rings (SSSR count). The van der Waals surface area contributed by atoms with Crippen LogP contribution in [0.2, 0.25) is 0 Å². The fourth-order valence-electron chi connectivity index (χ4n) is 4.54. The van der Waals surface area contributed by atoms with Gasteiger partial charge in [-0.05, 0) is 49.5 Å².